The molecular weight excluding hydrogens is 647 g/mol. The summed E-state index contributed by atoms with van der Waals surface area (Å²) in [7, 11) is 0. The Bertz CT molecular complexity index is 2790. The van der Waals surface area contributed by atoms with Gasteiger partial charge in [-0.1, -0.05) is 66.7 Å². The third kappa shape index (κ3) is 4.75. The van der Waals surface area contributed by atoms with Crippen molar-refractivity contribution in [3.05, 3.63) is 156 Å². The van der Waals surface area contributed by atoms with Gasteiger partial charge in [-0.15, -0.1) is 22.7 Å². The van der Waals surface area contributed by atoms with E-state index in [4.69, 9.17) is 0 Å². The molecule has 0 radical (unpaired) electrons. The van der Waals surface area contributed by atoms with E-state index in [-0.39, 0.29) is 0 Å². The van der Waals surface area contributed by atoms with Gasteiger partial charge in [0, 0.05) is 45.9 Å². The van der Waals surface area contributed by atoms with Crippen LogP contribution in [0.4, 0.5) is 0 Å². The Hall–Kier alpha value is -6.55. The maximum atomic E-state index is 10.3. The van der Waals surface area contributed by atoms with E-state index in [1.165, 1.54) is 40.3 Å². The van der Waals surface area contributed by atoms with Gasteiger partial charge in [0.1, 0.15) is 0 Å². The maximum absolute atomic E-state index is 10.3. The average molecular weight is 670 g/mol. The van der Waals surface area contributed by atoms with Crippen molar-refractivity contribution in [1.29, 1.82) is 15.8 Å². The molecule has 9 aromatic rings. The Morgan fingerprint density at radius 3 is 1.34 bits per heavy atom. The Morgan fingerprint density at radius 2 is 0.840 bits per heavy atom. The Kier molecular flexibility index (Phi) is 7.01. The van der Waals surface area contributed by atoms with Gasteiger partial charge in [-0.25, -0.2) is 0 Å². The molecule has 5 heteroatoms. The summed E-state index contributed by atoms with van der Waals surface area (Å²) >= 11 is 3.56. The number of nitrogens with zero attached hydrogens (tertiary/aromatic N) is 3. The van der Waals surface area contributed by atoms with Crippen LogP contribution in [0.2, 0.25) is 0 Å². The zero-order valence-corrected chi connectivity index (χ0v) is 28.1. The second-order valence-corrected chi connectivity index (χ2v) is 14.4. The van der Waals surface area contributed by atoms with Crippen LogP contribution in [0, 0.1) is 34.0 Å². The fourth-order valence-corrected chi connectivity index (χ4v) is 9.27. The second-order valence-electron chi connectivity index (χ2n) is 12.2. The normalized spacial score (nSPS) is 11.1. The van der Waals surface area contributed by atoms with Crippen molar-refractivity contribution in [3.8, 4) is 62.7 Å². The Morgan fingerprint density at radius 1 is 0.360 bits per heavy atom. The molecule has 50 heavy (non-hydrogen) atoms. The van der Waals surface area contributed by atoms with E-state index in [1.54, 1.807) is 40.9 Å². The topological polar surface area (TPSA) is 71.4 Å². The van der Waals surface area contributed by atoms with Crippen molar-refractivity contribution in [2.45, 2.75) is 0 Å². The summed E-state index contributed by atoms with van der Waals surface area (Å²) in [5.41, 5.74) is 8.91. The molecule has 0 saturated carbocycles. The molecule has 0 amide bonds. The van der Waals surface area contributed by atoms with Gasteiger partial charge in [-0.05, 0) is 112 Å². The van der Waals surface area contributed by atoms with E-state index in [0.717, 1.165) is 38.9 Å². The number of benzene rings is 7. The third-order valence-electron chi connectivity index (χ3n) is 9.41. The summed E-state index contributed by atoms with van der Waals surface area (Å²) in [6, 6.07) is 54.5. The van der Waals surface area contributed by atoms with E-state index >= 15 is 0 Å². The van der Waals surface area contributed by atoms with Crippen molar-refractivity contribution in [3.63, 3.8) is 0 Å². The van der Waals surface area contributed by atoms with E-state index < -0.39 is 0 Å². The van der Waals surface area contributed by atoms with Crippen molar-refractivity contribution in [1.82, 2.24) is 0 Å². The summed E-state index contributed by atoms with van der Waals surface area (Å²) in [6.45, 7) is 0. The lowest BCUT2D eigenvalue weighted by Crippen LogP contribution is -1.96. The molecule has 0 aliphatic rings. The lowest BCUT2D eigenvalue weighted by Gasteiger charge is -2.20. The minimum atomic E-state index is 0.450. The van der Waals surface area contributed by atoms with Crippen LogP contribution in [0.3, 0.4) is 0 Å². The van der Waals surface area contributed by atoms with Crippen molar-refractivity contribution in [2.75, 3.05) is 0 Å². The lowest BCUT2D eigenvalue weighted by atomic mass is 9.83. The summed E-state index contributed by atoms with van der Waals surface area (Å²) < 4.78 is 4.89. The number of fused-ring (bicyclic) bond motifs is 6. The molecule has 0 N–H and O–H groups in total. The smallest absolute Gasteiger partial charge is 0.0998 e. The van der Waals surface area contributed by atoms with Gasteiger partial charge in [-0.3, -0.25) is 0 Å². The molecule has 2 heterocycles. The lowest BCUT2D eigenvalue weighted by molar-refractivity contribution is 1.44. The number of nitriles is 3. The molecule has 0 bridgehead atoms. The first-order valence-electron chi connectivity index (χ1n) is 16.1. The molecule has 0 aliphatic carbocycles. The van der Waals surface area contributed by atoms with Crippen LogP contribution in [0.5, 0.6) is 0 Å². The first-order valence-corrected chi connectivity index (χ1v) is 17.7. The fourth-order valence-electron chi connectivity index (χ4n) is 7.10. The monoisotopic (exact) mass is 669 g/mol. The minimum absolute atomic E-state index is 0.450. The van der Waals surface area contributed by atoms with Crippen molar-refractivity contribution in [2.24, 2.45) is 0 Å². The van der Waals surface area contributed by atoms with Crippen LogP contribution in [-0.4, -0.2) is 0 Å². The molecule has 0 fully saturated rings. The predicted molar refractivity (Wildman–Crippen MR) is 208 cm³/mol. The molecule has 0 unspecified atom stereocenters. The molecule has 0 aliphatic heterocycles. The van der Waals surface area contributed by atoms with Crippen LogP contribution in [0.15, 0.2) is 140 Å². The number of thiophene rings is 2. The van der Waals surface area contributed by atoms with Crippen LogP contribution in [0.1, 0.15) is 16.7 Å². The van der Waals surface area contributed by atoms with E-state index in [1.807, 2.05) is 24.3 Å². The van der Waals surface area contributed by atoms with Gasteiger partial charge in [0.25, 0.3) is 0 Å². The molecule has 230 valence electrons. The molecule has 3 nitrogen and oxygen atoms in total. The number of rotatable bonds is 4. The fraction of sp³-hybridized carbons (Fsp3) is 0. The molecular formula is C45H23N3S2. The predicted octanol–water partition coefficient (Wildman–Crippen LogP) is 12.7. The van der Waals surface area contributed by atoms with Gasteiger partial charge in [0.15, 0.2) is 0 Å². The van der Waals surface area contributed by atoms with E-state index in [0.29, 0.717) is 22.3 Å². The first kappa shape index (κ1) is 29.6. The zero-order chi connectivity index (χ0) is 33.8. The van der Waals surface area contributed by atoms with Crippen LogP contribution in [0.25, 0.3) is 84.9 Å². The van der Waals surface area contributed by atoms with Crippen molar-refractivity contribution < 1.29 is 0 Å². The highest BCUT2D eigenvalue weighted by molar-refractivity contribution is 7.26. The SMILES string of the molecule is N#Cc1ccc(-c2c(-c3ccc4sc5ccccc5c4c3)cc(-c3c(C#N)cccc3C#N)cc2-c2ccc3sc4ccccc4c3c2)cc1. The highest BCUT2D eigenvalue weighted by Crippen LogP contribution is 2.47. The van der Waals surface area contributed by atoms with Gasteiger partial charge < -0.3 is 0 Å². The minimum Gasteiger partial charge on any atom is -0.192 e. The van der Waals surface area contributed by atoms with Crippen LogP contribution in [-0.2, 0) is 0 Å². The molecule has 9 rings (SSSR count). The Labute approximate surface area is 296 Å². The third-order valence-corrected chi connectivity index (χ3v) is 11.7. The van der Waals surface area contributed by atoms with Gasteiger partial charge in [0.2, 0.25) is 0 Å². The molecule has 0 atom stereocenters. The largest absolute Gasteiger partial charge is 0.192 e. The van der Waals surface area contributed by atoms with Gasteiger partial charge >= 0.3 is 0 Å². The van der Waals surface area contributed by atoms with E-state index in [2.05, 4.69) is 115 Å². The summed E-state index contributed by atoms with van der Waals surface area (Å²) in [5, 5.41) is 35.0. The number of hydrogen-bond donors (Lipinski definition) is 0. The van der Waals surface area contributed by atoms with Gasteiger partial charge in [-0.2, -0.15) is 15.8 Å². The maximum Gasteiger partial charge on any atom is 0.0998 e. The standard InChI is InChI=1S/C45H23N3S2/c46-24-27-12-14-28(15-13-27)45-36(29-16-18-42-38(20-29)34-8-1-3-10-40(34)49-42)22-33(44-31(25-47)6-5-7-32(44)26-48)23-37(45)30-17-19-43-39(21-30)35-9-2-4-11-41(35)50-43/h1-23H. The second kappa shape index (κ2) is 11.9. The first-order chi connectivity index (χ1) is 24.6. The summed E-state index contributed by atoms with van der Waals surface area (Å²) in [6.07, 6.45) is 0. The molecule has 0 spiro atoms. The Balaban J connectivity index is 1.42. The number of hydrogen-bond acceptors (Lipinski definition) is 5. The van der Waals surface area contributed by atoms with Crippen molar-refractivity contribution >= 4 is 63.0 Å². The highest BCUT2D eigenvalue weighted by Gasteiger charge is 2.21. The van der Waals surface area contributed by atoms with Crippen LogP contribution < -0.4 is 0 Å². The van der Waals surface area contributed by atoms with Gasteiger partial charge in [0.05, 0.1) is 34.9 Å². The van der Waals surface area contributed by atoms with E-state index in [9.17, 15) is 15.8 Å². The summed E-state index contributed by atoms with van der Waals surface area (Å²) in [4.78, 5) is 0. The summed E-state index contributed by atoms with van der Waals surface area (Å²) in [5.74, 6) is 0. The zero-order valence-electron chi connectivity index (χ0n) is 26.4. The van der Waals surface area contributed by atoms with Crippen LogP contribution >= 0.6 is 22.7 Å². The quantitative estimate of drug-likeness (QED) is 0.187. The highest BCUT2D eigenvalue weighted by atomic mass is 32.1. The molecule has 7 aromatic carbocycles. The average Bonchev–Trinajstić information content (AvgIpc) is 3.74. The molecule has 2 aromatic heterocycles. The molecule has 0 saturated heterocycles.